The van der Waals surface area contributed by atoms with Gasteiger partial charge in [-0.15, -0.1) is 0 Å². The van der Waals surface area contributed by atoms with Crippen molar-refractivity contribution in [2.45, 2.75) is 39.2 Å². The first-order chi connectivity index (χ1) is 9.58. The molecule has 1 atom stereocenters. The van der Waals surface area contributed by atoms with E-state index >= 15 is 0 Å². The van der Waals surface area contributed by atoms with E-state index in [0.717, 1.165) is 37.4 Å². The Hall–Kier alpha value is -1.22. The highest BCUT2D eigenvalue weighted by Crippen LogP contribution is 2.32. The highest BCUT2D eigenvalue weighted by Gasteiger charge is 2.29. The third-order valence-electron chi connectivity index (χ3n) is 3.77. The number of urea groups is 1. The van der Waals surface area contributed by atoms with Gasteiger partial charge in [-0.2, -0.15) is 0 Å². The molecule has 1 saturated heterocycles. The van der Waals surface area contributed by atoms with Crippen molar-refractivity contribution in [1.82, 2.24) is 10.2 Å². The molecule has 0 bridgehead atoms. The zero-order valence-electron chi connectivity index (χ0n) is 12.2. The number of rotatable bonds is 4. The van der Waals surface area contributed by atoms with Crippen LogP contribution in [0.2, 0.25) is 5.02 Å². The van der Waals surface area contributed by atoms with Gasteiger partial charge in [-0.3, -0.25) is 0 Å². The molecule has 0 spiro atoms. The van der Waals surface area contributed by atoms with Crippen molar-refractivity contribution in [2.24, 2.45) is 5.92 Å². The lowest BCUT2D eigenvalue weighted by molar-refractivity contribution is 0.192. The molecule has 3 nitrogen and oxygen atoms in total. The van der Waals surface area contributed by atoms with Gasteiger partial charge >= 0.3 is 6.03 Å². The van der Waals surface area contributed by atoms with Crippen molar-refractivity contribution in [3.63, 3.8) is 0 Å². The molecular formula is C16H23ClN2O. The number of carbonyl (C=O) groups is 1. The first kappa shape index (κ1) is 15.2. The van der Waals surface area contributed by atoms with E-state index in [2.05, 4.69) is 19.2 Å². The van der Waals surface area contributed by atoms with Crippen molar-refractivity contribution in [2.75, 3.05) is 13.1 Å². The van der Waals surface area contributed by atoms with Gasteiger partial charge in [-0.1, -0.05) is 37.6 Å². The van der Waals surface area contributed by atoms with Gasteiger partial charge in [0.2, 0.25) is 0 Å². The molecule has 1 heterocycles. The molecule has 1 fully saturated rings. The molecule has 1 N–H and O–H groups in total. The van der Waals surface area contributed by atoms with Gasteiger partial charge in [-0.25, -0.2) is 4.79 Å². The van der Waals surface area contributed by atoms with Crippen LogP contribution >= 0.6 is 11.6 Å². The zero-order valence-corrected chi connectivity index (χ0v) is 13.0. The fourth-order valence-electron chi connectivity index (χ4n) is 2.61. The third-order valence-corrected chi connectivity index (χ3v) is 4.02. The molecule has 0 radical (unpaired) electrons. The standard InChI is InChI=1S/C16H23ClN2O/c1-12(2)9-10-18-16(20)19-11-3-4-15(19)13-5-7-14(17)8-6-13/h5-8,12,15H,3-4,9-11H2,1-2H3,(H,18,20). The maximum Gasteiger partial charge on any atom is 0.317 e. The van der Waals surface area contributed by atoms with Crippen LogP contribution in [0, 0.1) is 5.92 Å². The summed E-state index contributed by atoms with van der Waals surface area (Å²) in [5.41, 5.74) is 1.17. The van der Waals surface area contributed by atoms with E-state index in [9.17, 15) is 4.79 Å². The Kier molecular flexibility index (Phi) is 5.30. The predicted octanol–water partition coefficient (Wildman–Crippen LogP) is 4.23. The van der Waals surface area contributed by atoms with Crippen LogP contribution < -0.4 is 5.32 Å². The highest BCUT2D eigenvalue weighted by molar-refractivity contribution is 6.30. The minimum Gasteiger partial charge on any atom is -0.338 e. The third kappa shape index (κ3) is 3.89. The van der Waals surface area contributed by atoms with Gasteiger partial charge in [0.05, 0.1) is 6.04 Å². The van der Waals surface area contributed by atoms with Crippen LogP contribution in [0.3, 0.4) is 0 Å². The Morgan fingerprint density at radius 1 is 1.40 bits per heavy atom. The number of nitrogens with zero attached hydrogens (tertiary/aromatic N) is 1. The number of amides is 2. The van der Waals surface area contributed by atoms with Crippen molar-refractivity contribution in [1.29, 1.82) is 0 Å². The summed E-state index contributed by atoms with van der Waals surface area (Å²) in [5.74, 6) is 0.612. The minimum atomic E-state index is 0.0584. The number of nitrogens with one attached hydrogen (secondary N) is 1. The quantitative estimate of drug-likeness (QED) is 0.885. The molecule has 4 heteroatoms. The maximum absolute atomic E-state index is 12.3. The summed E-state index contributed by atoms with van der Waals surface area (Å²) >= 11 is 5.92. The van der Waals surface area contributed by atoms with Gasteiger partial charge in [0, 0.05) is 18.1 Å². The number of benzene rings is 1. The molecule has 0 saturated carbocycles. The summed E-state index contributed by atoms with van der Waals surface area (Å²) in [6.07, 6.45) is 3.11. The lowest BCUT2D eigenvalue weighted by Crippen LogP contribution is -2.40. The zero-order chi connectivity index (χ0) is 14.5. The molecule has 0 aliphatic carbocycles. The molecule has 1 unspecified atom stereocenters. The van der Waals surface area contributed by atoms with Crippen LogP contribution in [0.25, 0.3) is 0 Å². The van der Waals surface area contributed by atoms with Crippen LogP contribution in [-0.4, -0.2) is 24.0 Å². The van der Waals surface area contributed by atoms with E-state index in [0.29, 0.717) is 5.92 Å². The number of likely N-dealkylation sites (tertiary alicyclic amines) is 1. The summed E-state index contributed by atoms with van der Waals surface area (Å²) < 4.78 is 0. The molecule has 1 aromatic carbocycles. The Labute approximate surface area is 126 Å². The van der Waals surface area contributed by atoms with Crippen molar-refractivity contribution < 1.29 is 4.79 Å². The molecule has 1 aliphatic rings. The van der Waals surface area contributed by atoms with E-state index in [1.165, 1.54) is 5.56 Å². The van der Waals surface area contributed by atoms with Gasteiger partial charge < -0.3 is 10.2 Å². The monoisotopic (exact) mass is 294 g/mol. The van der Waals surface area contributed by atoms with Gasteiger partial charge in [-0.05, 0) is 42.9 Å². The fraction of sp³-hybridized carbons (Fsp3) is 0.562. The average molecular weight is 295 g/mol. The Morgan fingerprint density at radius 3 is 2.75 bits per heavy atom. The Balaban J connectivity index is 1.96. The smallest absolute Gasteiger partial charge is 0.317 e. The van der Waals surface area contributed by atoms with Crippen LogP contribution in [0.1, 0.15) is 44.7 Å². The topological polar surface area (TPSA) is 32.3 Å². The second-order valence-electron chi connectivity index (χ2n) is 5.82. The highest BCUT2D eigenvalue weighted by atomic mass is 35.5. The van der Waals surface area contributed by atoms with E-state index in [1.54, 1.807) is 0 Å². The van der Waals surface area contributed by atoms with E-state index < -0.39 is 0 Å². The van der Waals surface area contributed by atoms with Crippen LogP contribution in [0.15, 0.2) is 24.3 Å². The van der Waals surface area contributed by atoms with E-state index in [4.69, 9.17) is 11.6 Å². The Morgan fingerprint density at radius 2 is 2.10 bits per heavy atom. The first-order valence-corrected chi connectivity index (χ1v) is 7.75. The van der Waals surface area contributed by atoms with Crippen LogP contribution in [0.4, 0.5) is 4.79 Å². The summed E-state index contributed by atoms with van der Waals surface area (Å²) in [6.45, 7) is 5.91. The van der Waals surface area contributed by atoms with Crippen molar-refractivity contribution in [3.05, 3.63) is 34.9 Å². The van der Waals surface area contributed by atoms with Crippen molar-refractivity contribution >= 4 is 17.6 Å². The van der Waals surface area contributed by atoms with Gasteiger partial charge in [0.1, 0.15) is 0 Å². The minimum absolute atomic E-state index is 0.0584. The average Bonchev–Trinajstić information content (AvgIpc) is 2.88. The summed E-state index contributed by atoms with van der Waals surface area (Å²) in [4.78, 5) is 14.2. The first-order valence-electron chi connectivity index (χ1n) is 7.38. The van der Waals surface area contributed by atoms with E-state index in [1.807, 2.05) is 29.2 Å². The number of halogens is 1. The Bertz CT molecular complexity index is 444. The fourth-order valence-corrected chi connectivity index (χ4v) is 2.74. The van der Waals surface area contributed by atoms with Crippen molar-refractivity contribution in [3.8, 4) is 0 Å². The largest absolute Gasteiger partial charge is 0.338 e. The van der Waals surface area contributed by atoms with Crippen LogP contribution in [-0.2, 0) is 0 Å². The van der Waals surface area contributed by atoms with Crippen LogP contribution in [0.5, 0.6) is 0 Å². The maximum atomic E-state index is 12.3. The number of hydrogen-bond acceptors (Lipinski definition) is 1. The number of carbonyl (C=O) groups excluding carboxylic acids is 1. The second-order valence-corrected chi connectivity index (χ2v) is 6.25. The molecule has 20 heavy (non-hydrogen) atoms. The molecule has 2 amide bonds. The summed E-state index contributed by atoms with van der Waals surface area (Å²) in [5, 5.41) is 3.76. The molecule has 1 aromatic rings. The lowest BCUT2D eigenvalue weighted by atomic mass is 10.1. The molecule has 110 valence electrons. The van der Waals surface area contributed by atoms with Gasteiger partial charge in [0.15, 0.2) is 0 Å². The molecule has 2 rings (SSSR count). The molecular weight excluding hydrogens is 272 g/mol. The summed E-state index contributed by atoms with van der Waals surface area (Å²) in [7, 11) is 0. The normalized spacial score (nSPS) is 18.6. The molecule has 1 aliphatic heterocycles. The lowest BCUT2D eigenvalue weighted by Gasteiger charge is -2.25. The predicted molar refractivity (Wildman–Crippen MR) is 83.0 cm³/mol. The molecule has 0 aromatic heterocycles. The SMILES string of the molecule is CC(C)CCNC(=O)N1CCCC1c1ccc(Cl)cc1. The summed E-state index contributed by atoms with van der Waals surface area (Å²) in [6, 6.07) is 8.07. The van der Waals surface area contributed by atoms with E-state index in [-0.39, 0.29) is 12.1 Å². The van der Waals surface area contributed by atoms with Gasteiger partial charge in [0.25, 0.3) is 0 Å². The number of hydrogen-bond donors (Lipinski definition) is 1. The second kappa shape index (κ2) is 6.98.